The first-order chi connectivity index (χ1) is 19.7. The number of aliphatic hydroxyl groups is 1. The smallest absolute Gasteiger partial charge is 0.241 e. The molecule has 2 rings (SSSR count). The van der Waals surface area contributed by atoms with Crippen LogP contribution in [0.1, 0.15) is 32.8 Å². The number of benzene rings is 1. The molecule has 1 aromatic carbocycles. The summed E-state index contributed by atoms with van der Waals surface area (Å²) in [6.45, 7) is 13.9. The highest BCUT2D eigenvalue weighted by atomic mass is 35.5. The summed E-state index contributed by atoms with van der Waals surface area (Å²) in [7, 11) is 0. The van der Waals surface area contributed by atoms with Gasteiger partial charge in [0.2, 0.25) is 5.91 Å². The number of hydrogen-bond donors (Lipinski definition) is 2. The normalized spacial score (nSPS) is 15.8. The van der Waals surface area contributed by atoms with E-state index in [1.807, 2.05) is 55.5 Å². The molecule has 3 N–H and O–H groups in total. The minimum atomic E-state index is -0.128. The number of carbonyl (C=O) groups excluding carboxylic acids is 1. The zero-order chi connectivity index (χ0) is 31.0. The molecular weight excluding hydrogens is 576 g/mol. The molecule has 1 fully saturated rings. The molecule has 0 saturated carbocycles. The van der Waals surface area contributed by atoms with Gasteiger partial charge in [-0.15, -0.1) is 11.6 Å². The fraction of sp³-hybridized carbons (Fsp3) is 0.312. The second-order valence-corrected chi connectivity index (χ2v) is 10.4. The van der Waals surface area contributed by atoms with Crippen LogP contribution in [0, 0.1) is 0 Å². The van der Waals surface area contributed by atoms with Crippen molar-refractivity contribution in [1.29, 1.82) is 0 Å². The van der Waals surface area contributed by atoms with Crippen LogP contribution in [0.3, 0.4) is 0 Å². The third-order valence-electron chi connectivity index (χ3n) is 5.11. The summed E-state index contributed by atoms with van der Waals surface area (Å²) in [5, 5.41) is 8.75. The van der Waals surface area contributed by atoms with Crippen LogP contribution in [0.25, 0.3) is 0 Å². The first-order valence-corrected chi connectivity index (χ1v) is 15.0. The van der Waals surface area contributed by atoms with Gasteiger partial charge in [0.1, 0.15) is 16.7 Å². The maximum Gasteiger partial charge on any atom is 0.241 e. The Morgan fingerprint density at radius 1 is 1.22 bits per heavy atom. The lowest BCUT2D eigenvalue weighted by Gasteiger charge is -2.13. The summed E-state index contributed by atoms with van der Waals surface area (Å²) in [5.74, 6) is 0.728. The molecule has 41 heavy (non-hydrogen) atoms. The molecule has 0 aromatic heterocycles. The van der Waals surface area contributed by atoms with Crippen LogP contribution >= 0.6 is 35.6 Å². The summed E-state index contributed by atoms with van der Waals surface area (Å²) in [5.41, 5.74) is 8.97. The summed E-state index contributed by atoms with van der Waals surface area (Å²) < 4.78 is 11.7. The van der Waals surface area contributed by atoms with Gasteiger partial charge in [0.15, 0.2) is 0 Å². The van der Waals surface area contributed by atoms with Crippen molar-refractivity contribution in [2.45, 2.75) is 38.9 Å². The van der Waals surface area contributed by atoms with Crippen LogP contribution in [0.2, 0.25) is 0 Å². The average molecular weight is 619 g/mol. The Morgan fingerprint density at radius 3 is 2.46 bits per heavy atom. The molecule has 224 valence electrons. The number of nitrogens with two attached hydrogens (primary N) is 1. The average Bonchev–Trinajstić information content (AvgIpc) is 3.20. The van der Waals surface area contributed by atoms with Gasteiger partial charge in [-0.3, -0.25) is 9.69 Å². The quantitative estimate of drug-likeness (QED) is 0.0724. The van der Waals surface area contributed by atoms with E-state index in [1.54, 1.807) is 25.3 Å². The van der Waals surface area contributed by atoms with Crippen LogP contribution in [0.5, 0.6) is 0 Å². The molecule has 0 radical (unpaired) electrons. The van der Waals surface area contributed by atoms with Crippen molar-refractivity contribution >= 4 is 45.8 Å². The number of hydrogen-bond acceptors (Lipinski definition) is 7. The van der Waals surface area contributed by atoms with E-state index in [4.69, 9.17) is 32.5 Å². The van der Waals surface area contributed by atoms with Crippen molar-refractivity contribution in [3.63, 3.8) is 0 Å². The largest absolute Gasteiger partial charge is 0.511 e. The van der Waals surface area contributed by atoms with E-state index >= 15 is 0 Å². The van der Waals surface area contributed by atoms with Crippen LogP contribution in [0.15, 0.2) is 115 Å². The number of nitrogens with zero attached hydrogens (tertiary/aromatic N) is 1. The van der Waals surface area contributed by atoms with Crippen molar-refractivity contribution in [2.24, 2.45) is 5.73 Å². The minimum absolute atomic E-state index is 0.0413. The maximum absolute atomic E-state index is 11.3. The van der Waals surface area contributed by atoms with Crippen molar-refractivity contribution in [3.8, 4) is 0 Å². The molecule has 1 atom stereocenters. The Balaban J connectivity index is 0.000000947. The lowest BCUT2D eigenvalue weighted by atomic mass is 10.1. The van der Waals surface area contributed by atoms with Crippen LogP contribution in [-0.4, -0.2) is 51.6 Å². The predicted octanol–water partition coefficient (Wildman–Crippen LogP) is 7.76. The van der Waals surface area contributed by atoms with E-state index in [0.29, 0.717) is 23.2 Å². The lowest BCUT2D eigenvalue weighted by molar-refractivity contribution is -0.125. The van der Waals surface area contributed by atoms with E-state index in [0.717, 1.165) is 24.2 Å². The van der Waals surface area contributed by atoms with E-state index in [2.05, 4.69) is 43.8 Å². The lowest BCUT2D eigenvalue weighted by Crippen LogP contribution is -2.32. The summed E-state index contributed by atoms with van der Waals surface area (Å²) in [6, 6.07) is 10.3. The monoisotopic (exact) mass is 618 g/mol. The highest BCUT2D eigenvalue weighted by Crippen LogP contribution is 2.26. The second-order valence-electron chi connectivity index (χ2n) is 8.45. The van der Waals surface area contributed by atoms with Gasteiger partial charge in [-0.2, -0.15) is 0 Å². The van der Waals surface area contributed by atoms with Crippen molar-refractivity contribution in [1.82, 2.24) is 4.90 Å². The summed E-state index contributed by atoms with van der Waals surface area (Å²) >= 11 is 10.9. The third kappa shape index (κ3) is 18.0. The Morgan fingerprint density at radius 2 is 1.90 bits per heavy atom. The van der Waals surface area contributed by atoms with E-state index < -0.39 is 0 Å². The Hall–Kier alpha value is -3.20. The number of thioether (sulfide) groups is 1. The molecule has 0 bridgehead atoms. The molecule has 0 spiro atoms. The van der Waals surface area contributed by atoms with E-state index in [1.165, 1.54) is 28.6 Å². The predicted molar refractivity (Wildman–Crippen MR) is 180 cm³/mol. The molecule has 1 aromatic rings. The van der Waals surface area contributed by atoms with Gasteiger partial charge in [0.25, 0.3) is 0 Å². The van der Waals surface area contributed by atoms with Crippen LogP contribution in [-0.2, 0) is 20.7 Å². The number of alkyl halides is 1. The molecule has 1 unspecified atom stereocenters. The fourth-order valence-corrected chi connectivity index (χ4v) is 4.48. The molecular formula is C32H43ClN2O4S2. The first kappa shape index (κ1) is 37.8. The maximum atomic E-state index is 11.3. The van der Waals surface area contributed by atoms with Crippen molar-refractivity contribution in [2.75, 3.05) is 26.1 Å². The number of thiocarbonyl (C=S) groups is 1. The molecule has 0 aliphatic carbocycles. The van der Waals surface area contributed by atoms with Gasteiger partial charge >= 0.3 is 0 Å². The Kier molecular flexibility index (Phi) is 21.7. The zero-order valence-electron chi connectivity index (χ0n) is 24.4. The number of allylic oxidation sites excluding steroid dienone is 9. The topological polar surface area (TPSA) is 85.0 Å². The molecule has 1 heterocycles. The van der Waals surface area contributed by atoms with Crippen LogP contribution < -0.4 is 5.73 Å². The fourth-order valence-electron chi connectivity index (χ4n) is 3.08. The molecule has 1 aliphatic heterocycles. The van der Waals surface area contributed by atoms with Gasteiger partial charge in [-0.1, -0.05) is 98.7 Å². The Labute approximate surface area is 260 Å². The van der Waals surface area contributed by atoms with Gasteiger partial charge in [-0.05, 0) is 49.6 Å². The number of carbonyl (C=O) groups is 1. The molecule has 1 saturated heterocycles. The molecule has 6 nitrogen and oxygen atoms in total. The Bertz CT molecular complexity index is 1110. The van der Waals surface area contributed by atoms with Crippen molar-refractivity contribution in [3.05, 3.63) is 121 Å². The number of aliphatic hydroxyl groups excluding tert-OH is 1. The van der Waals surface area contributed by atoms with E-state index in [-0.39, 0.29) is 23.5 Å². The van der Waals surface area contributed by atoms with Gasteiger partial charge in [-0.25, -0.2) is 0 Å². The van der Waals surface area contributed by atoms with Gasteiger partial charge < -0.3 is 20.3 Å². The highest BCUT2D eigenvalue weighted by molar-refractivity contribution is 8.24. The number of halogens is 1. The summed E-state index contributed by atoms with van der Waals surface area (Å²) in [4.78, 5) is 12.7. The highest BCUT2D eigenvalue weighted by Gasteiger charge is 2.33. The molecule has 9 heteroatoms. The standard InChI is InChI=1S/C24H31NO2.C7H9NO2S2.CH3Cl/c1-4-6-8-15-24(25)20-27-21(3)19-22(5-2)14-11-17-26-18-16-23-12-9-7-10-13-23;1-4(9)3-8-6(10)5(2)12-7(8)11;1-2/h4,6-15,17,19H,1,5,16,18,20,25H2,2-3H3;5,9H,1,3H2,2H3;1H3/b8-6-,17-11+,21-19+,22-14-,24-15-;;. The minimum Gasteiger partial charge on any atom is -0.511 e. The second kappa shape index (κ2) is 23.5. The van der Waals surface area contributed by atoms with Gasteiger partial charge in [0, 0.05) is 18.5 Å². The van der Waals surface area contributed by atoms with Crippen molar-refractivity contribution < 1.29 is 19.4 Å². The number of ether oxygens (including phenoxy) is 2. The molecule has 1 amide bonds. The first-order valence-electron chi connectivity index (χ1n) is 13.0. The van der Waals surface area contributed by atoms with E-state index in [9.17, 15) is 4.79 Å². The SMILES string of the molecule is C=C(O)CN1C(=O)C(C)SC1=S.C=C/C=C\C=C(/N)CO/C(C)=C/C(=C\C=C\OCCc1ccccc1)CC.CCl. The third-order valence-corrected chi connectivity index (χ3v) is 6.60. The number of amides is 1. The zero-order valence-corrected chi connectivity index (χ0v) is 26.8. The number of rotatable bonds is 14. The summed E-state index contributed by atoms with van der Waals surface area (Å²) in [6.07, 6.45) is 18.1. The molecule has 1 aliphatic rings. The van der Waals surface area contributed by atoms with Crippen LogP contribution in [0.4, 0.5) is 0 Å². The van der Waals surface area contributed by atoms with Gasteiger partial charge in [0.05, 0.1) is 30.4 Å².